The zero-order valence-corrected chi connectivity index (χ0v) is 22.4. The second-order valence-electron chi connectivity index (χ2n) is 11.9. The van der Waals surface area contributed by atoms with Gasteiger partial charge in [-0.05, 0) is 87.9 Å². The lowest BCUT2D eigenvalue weighted by atomic mass is 9.69. The van der Waals surface area contributed by atoms with Crippen molar-refractivity contribution in [1.29, 1.82) is 0 Å². The summed E-state index contributed by atoms with van der Waals surface area (Å²) < 4.78 is 84.4. The number of hydrogen-bond donors (Lipinski definition) is 0. The molecule has 6 atom stereocenters. The van der Waals surface area contributed by atoms with E-state index in [1.807, 2.05) is 0 Å². The Kier molecular flexibility index (Phi) is 10.0. The molecule has 0 aromatic heterocycles. The fraction of sp³-hybridized carbons (Fsp3) is 1.00. The highest BCUT2D eigenvalue weighted by molar-refractivity contribution is 8.77. The molecule has 0 saturated heterocycles. The monoisotopic (exact) mass is 544 g/mol. The van der Waals surface area contributed by atoms with Crippen molar-refractivity contribution in [3.8, 4) is 0 Å². The Morgan fingerprint density at radius 2 is 0.829 bits per heavy atom. The molecule has 4 aliphatic carbocycles. The van der Waals surface area contributed by atoms with Crippen molar-refractivity contribution >= 4 is 21.6 Å². The quantitative estimate of drug-likeness (QED) is 0.231. The van der Waals surface area contributed by atoms with Crippen LogP contribution in [0.5, 0.6) is 0 Å². The molecule has 0 N–H and O–H groups in total. The maximum absolute atomic E-state index is 14.1. The van der Waals surface area contributed by atoms with E-state index in [1.54, 1.807) is 21.6 Å². The Bertz CT molecular complexity index is 639. The molecule has 204 valence electrons. The van der Waals surface area contributed by atoms with E-state index < -0.39 is 24.2 Å². The van der Waals surface area contributed by atoms with E-state index in [-0.39, 0.29) is 34.2 Å². The third-order valence-corrected chi connectivity index (χ3v) is 13.0. The van der Waals surface area contributed by atoms with E-state index in [9.17, 15) is 26.3 Å². The van der Waals surface area contributed by atoms with Gasteiger partial charge in [0.15, 0.2) is 0 Å². The van der Waals surface area contributed by atoms with Gasteiger partial charge in [-0.25, -0.2) is 0 Å². The van der Waals surface area contributed by atoms with Gasteiger partial charge in [0.1, 0.15) is 0 Å². The van der Waals surface area contributed by atoms with Crippen LogP contribution in [0, 0.1) is 35.5 Å². The van der Waals surface area contributed by atoms with Crippen LogP contribution in [0.4, 0.5) is 26.3 Å². The Labute approximate surface area is 215 Å². The van der Waals surface area contributed by atoms with Crippen molar-refractivity contribution in [2.75, 3.05) is 0 Å². The average Bonchev–Trinajstić information content (AvgIpc) is 3.26. The lowest BCUT2D eigenvalue weighted by molar-refractivity contribution is -0.210. The van der Waals surface area contributed by atoms with Gasteiger partial charge in [-0.15, -0.1) is 0 Å². The van der Waals surface area contributed by atoms with E-state index in [1.165, 1.54) is 0 Å². The van der Waals surface area contributed by atoms with Crippen LogP contribution >= 0.6 is 21.6 Å². The molecule has 4 rings (SSSR count). The molecule has 0 aliphatic heterocycles. The number of alkyl halides is 6. The molecule has 35 heavy (non-hydrogen) atoms. The molecule has 8 heteroatoms. The first kappa shape index (κ1) is 28.3. The van der Waals surface area contributed by atoms with Crippen molar-refractivity contribution in [3.63, 3.8) is 0 Å². The summed E-state index contributed by atoms with van der Waals surface area (Å²) in [7, 11) is 3.39. The maximum atomic E-state index is 14.1. The van der Waals surface area contributed by atoms with Gasteiger partial charge in [0.05, 0.1) is 11.8 Å². The van der Waals surface area contributed by atoms with E-state index in [2.05, 4.69) is 0 Å². The van der Waals surface area contributed by atoms with Crippen LogP contribution in [0.15, 0.2) is 0 Å². The first-order chi connectivity index (χ1) is 16.6. The van der Waals surface area contributed by atoms with Crippen LogP contribution in [-0.4, -0.2) is 22.9 Å². The first-order valence-electron chi connectivity index (χ1n) is 14.1. The summed E-state index contributed by atoms with van der Waals surface area (Å²) in [6.07, 6.45) is 5.48. The molecular formula is C27H42F6S2. The van der Waals surface area contributed by atoms with Gasteiger partial charge < -0.3 is 0 Å². The van der Waals surface area contributed by atoms with Gasteiger partial charge in [-0.1, -0.05) is 66.5 Å². The molecular weight excluding hydrogens is 502 g/mol. The standard InChI is InChI=1S/C27H42F6S2/c28-26(29,30)24(18-8-3-1-4-9-18)20-12-7-13-22(16-20)34-35-23-15-14-21(17-23)25(27(31,32)33)19-10-5-2-6-11-19/h18-25H,1-17H2/t20?,21?,22?,23-,24?,25?/m0/s1. The largest absolute Gasteiger partial charge is 0.392 e. The molecule has 0 heterocycles. The predicted molar refractivity (Wildman–Crippen MR) is 134 cm³/mol. The third kappa shape index (κ3) is 7.66. The highest BCUT2D eigenvalue weighted by Gasteiger charge is 2.51. The molecule has 0 aromatic rings. The highest BCUT2D eigenvalue weighted by atomic mass is 33.1. The number of hydrogen-bond acceptors (Lipinski definition) is 2. The molecule has 0 nitrogen and oxygen atoms in total. The van der Waals surface area contributed by atoms with Crippen LogP contribution in [-0.2, 0) is 0 Å². The first-order valence-corrected chi connectivity index (χ1v) is 16.4. The lowest BCUT2D eigenvalue weighted by Crippen LogP contribution is -2.40. The van der Waals surface area contributed by atoms with Crippen molar-refractivity contribution < 1.29 is 26.3 Å². The smallest absolute Gasteiger partial charge is 0.171 e. The van der Waals surface area contributed by atoms with Gasteiger partial charge in [0, 0.05) is 10.5 Å². The van der Waals surface area contributed by atoms with Crippen LogP contribution in [0.2, 0.25) is 0 Å². The molecule has 5 unspecified atom stereocenters. The van der Waals surface area contributed by atoms with Gasteiger partial charge >= 0.3 is 12.4 Å². The highest BCUT2D eigenvalue weighted by Crippen LogP contribution is 2.54. The minimum atomic E-state index is -4.13. The fourth-order valence-corrected chi connectivity index (χ4v) is 11.4. The van der Waals surface area contributed by atoms with Crippen LogP contribution in [0.25, 0.3) is 0 Å². The number of halogens is 6. The van der Waals surface area contributed by atoms with Gasteiger partial charge in [-0.3, -0.25) is 0 Å². The maximum Gasteiger partial charge on any atom is 0.392 e. The van der Waals surface area contributed by atoms with Gasteiger partial charge in [0.2, 0.25) is 0 Å². The van der Waals surface area contributed by atoms with Crippen molar-refractivity contribution in [3.05, 3.63) is 0 Å². The van der Waals surface area contributed by atoms with Crippen LogP contribution < -0.4 is 0 Å². The Morgan fingerprint density at radius 1 is 0.429 bits per heavy atom. The van der Waals surface area contributed by atoms with Gasteiger partial charge in [-0.2, -0.15) is 26.3 Å². The normalized spacial score (nSPS) is 34.1. The Hall–Kier alpha value is 0.280. The Balaban J connectivity index is 1.30. The minimum Gasteiger partial charge on any atom is -0.171 e. The van der Waals surface area contributed by atoms with Crippen molar-refractivity contribution in [1.82, 2.24) is 0 Å². The zero-order valence-electron chi connectivity index (χ0n) is 20.7. The average molecular weight is 545 g/mol. The SMILES string of the molecule is FC(F)(F)C(C1CCCCC1)C1CCCC(SS[C@H]2CCC(C(C3CCCCC3)C(F)(F)F)C2)C1. The summed E-state index contributed by atoms with van der Waals surface area (Å²) in [5.74, 6) is -3.35. The van der Waals surface area contributed by atoms with Crippen molar-refractivity contribution in [2.24, 2.45) is 35.5 Å². The minimum absolute atomic E-state index is 0.197. The topological polar surface area (TPSA) is 0 Å². The molecule has 4 saturated carbocycles. The summed E-state index contributed by atoms with van der Waals surface area (Å²) in [4.78, 5) is 0. The van der Waals surface area contributed by atoms with Gasteiger partial charge in [0.25, 0.3) is 0 Å². The summed E-state index contributed by atoms with van der Waals surface area (Å²) in [5.41, 5.74) is 0. The van der Waals surface area contributed by atoms with E-state index in [4.69, 9.17) is 0 Å². The summed E-state index contributed by atoms with van der Waals surface area (Å²) >= 11 is 0. The summed E-state index contributed by atoms with van der Waals surface area (Å²) in [6.45, 7) is 0. The second-order valence-corrected chi connectivity index (χ2v) is 14.7. The Morgan fingerprint density at radius 3 is 1.29 bits per heavy atom. The molecule has 4 aliphatic rings. The van der Waals surface area contributed by atoms with Crippen LogP contribution in [0.3, 0.4) is 0 Å². The second kappa shape index (κ2) is 12.4. The van der Waals surface area contributed by atoms with Crippen LogP contribution in [0.1, 0.15) is 109 Å². The predicted octanol–water partition coefficient (Wildman–Crippen LogP) is 10.6. The third-order valence-electron chi connectivity index (χ3n) is 9.51. The number of rotatable bonds is 7. The molecule has 4 fully saturated rings. The fourth-order valence-electron chi connectivity index (χ4n) is 7.96. The van der Waals surface area contributed by atoms with Crippen molar-refractivity contribution in [2.45, 2.75) is 132 Å². The summed E-state index contributed by atoms with van der Waals surface area (Å²) in [6, 6.07) is 0. The molecule has 0 aromatic carbocycles. The molecule has 0 radical (unpaired) electrons. The van der Waals surface area contributed by atoms with E-state index in [0.717, 1.165) is 57.8 Å². The molecule has 0 bridgehead atoms. The zero-order chi connectivity index (χ0) is 25.1. The molecule has 0 amide bonds. The summed E-state index contributed by atoms with van der Waals surface area (Å²) in [5, 5.41) is 0.401. The van der Waals surface area contributed by atoms with E-state index in [0.29, 0.717) is 51.4 Å². The molecule has 0 spiro atoms. The van der Waals surface area contributed by atoms with E-state index >= 15 is 0 Å². The lowest BCUT2D eigenvalue weighted by Gasteiger charge is -2.40.